The number of para-hydroxylation sites is 1. The van der Waals surface area contributed by atoms with E-state index in [-0.39, 0.29) is 10.8 Å². The van der Waals surface area contributed by atoms with E-state index in [2.05, 4.69) is 10.3 Å². The first-order valence-electron chi connectivity index (χ1n) is 12.3. The minimum Gasteiger partial charge on any atom is -0.480 e. The van der Waals surface area contributed by atoms with Gasteiger partial charge in [-0.3, -0.25) is 9.59 Å². The summed E-state index contributed by atoms with van der Waals surface area (Å²) in [6.07, 6.45) is 0.465. The zero-order chi connectivity index (χ0) is 27.7. The zero-order valence-corrected chi connectivity index (χ0v) is 19.5. The number of benzene rings is 3. The Morgan fingerprint density at radius 2 is 1.63 bits per heavy atom. The molecule has 180 valence electrons. The van der Waals surface area contributed by atoms with Crippen molar-refractivity contribution < 1.29 is 27.2 Å². The summed E-state index contributed by atoms with van der Waals surface area (Å²) in [6.45, 7) is -1.50. The molecule has 3 aromatic carbocycles. The van der Waals surface area contributed by atoms with E-state index in [0.717, 1.165) is 23.7 Å². The highest BCUT2D eigenvalue weighted by Crippen LogP contribution is 2.27. The van der Waals surface area contributed by atoms with Crippen LogP contribution in [0.3, 0.4) is 0 Å². The Balaban J connectivity index is 1.43. The van der Waals surface area contributed by atoms with Gasteiger partial charge in [0, 0.05) is 16.2 Å². The van der Waals surface area contributed by atoms with Crippen molar-refractivity contribution >= 4 is 39.0 Å². The van der Waals surface area contributed by atoms with Crippen LogP contribution in [0, 0.1) is 5.92 Å². The maximum Gasteiger partial charge on any atom is 0.322 e. The fraction of sp³-hybridized carbons (Fsp3) is 0.192. The molecule has 0 saturated carbocycles. The van der Waals surface area contributed by atoms with Crippen molar-refractivity contribution in [2.45, 2.75) is 31.1 Å². The lowest BCUT2D eigenvalue weighted by atomic mass is 10.1. The molecule has 3 N–H and O–H groups in total. The van der Waals surface area contributed by atoms with Gasteiger partial charge in [0.2, 0.25) is 10.0 Å². The Morgan fingerprint density at radius 3 is 2.23 bits per heavy atom. The topological polar surface area (TPSA) is 125 Å². The second-order valence-electron chi connectivity index (χ2n) is 8.15. The van der Waals surface area contributed by atoms with Crippen LogP contribution in [-0.4, -0.2) is 37.2 Å². The van der Waals surface area contributed by atoms with Gasteiger partial charge in [0.05, 0.1) is 10.6 Å². The summed E-state index contributed by atoms with van der Waals surface area (Å²) in [5.41, 5.74) is 4.23. The summed E-state index contributed by atoms with van der Waals surface area (Å²) < 4.78 is 49.8. The molecule has 8 nitrogen and oxygen atoms in total. The number of aliphatic carboxylic acids is 1. The van der Waals surface area contributed by atoms with Crippen molar-refractivity contribution in [2.75, 3.05) is 5.32 Å². The van der Waals surface area contributed by atoms with E-state index in [1.54, 1.807) is 36.4 Å². The van der Waals surface area contributed by atoms with Crippen LogP contribution in [0.5, 0.6) is 0 Å². The highest BCUT2D eigenvalue weighted by Gasteiger charge is 2.28. The van der Waals surface area contributed by atoms with E-state index in [1.807, 2.05) is 29.0 Å². The van der Waals surface area contributed by atoms with Gasteiger partial charge in [-0.1, -0.05) is 56.2 Å². The fourth-order valence-electron chi connectivity index (χ4n) is 3.64. The lowest BCUT2D eigenvalue weighted by Crippen LogP contribution is -2.44. The third-order valence-electron chi connectivity index (χ3n) is 5.56. The zero-order valence-electron chi connectivity index (χ0n) is 21.7. The summed E-state index contributed by atoms with van der Waals surface area (Å²) in [5, 5.41) is 12.2. The number of carboxylic acids is 1. The second-order valence-corrected chi connectivity index (χ2v) is 9.86. The Kier molecular flexibility index (Phi) is 5.76. The average Bonchev–Trinajstić information content (AvgIpc) is 3.31. The maximum atomic E-state index is 12.7. The summed E-state index contributed by atoms with van der Waals surface area (Å²) in [6, 6.07) is 18.4. The third kappa shape index (κ3) is 5.47. The Morgan fingerprint density at radius 1 is 1.00 bits per heavy atom. The van der Waals surface area contributed by atoms with Crippen molar-refractivity contribution in [1.82, 2.24) is 4.72 Å². The van der Waals surface area contributed by atoms with Crippen LogP contribution >= 0.6 is 0 Å². The molecule has 3 aromatic rings. The number of carbonyl (C=O) groups excluding carboxylic acids is 1. The summed E-state index contributed by atoms with van der Waals surface area (Å²) in [4.78, 5) is 28.3. The van der Waals surface area contributed by atoms with Gasteiger partial charge >= 0.3 is 5.97 Å². The van der Waals surface area contributed by atoms with Crippen molar-refractivity contribution in [3.05, 3.63) is 78.4 Å². The van der Waals surface area contributed by atoms with Gasteiger partial charge in [-0.25, -0.2) is 13.4 Å². The SMILES string of the molecule is [2H]C([2H])([2H])C(C)[C@H](NS(=O)(=O)c1ccc(-c2ccc(NC(=O)C3=Nc4ccccc4C3)cc2)cc1)C(=O)O. The predicted octanol–water partition coefficient (Wildman–Crippen LogP) is 4.01. The number of hydrogen-bond acceptors (Lipinski definition) is 5. The molecule has 1 aliphatic rings. The fourth-order valence-corrected chi connectivity index (χ4v) is 4.91. The molecule has 2 atom stereocenters. The number of rotatable bonds is 8. The lowest BCUT2D eigenvalue weighted by molar-refractivity contribution is -0.140. The Hall–Kier alpha value is -3.82. The standard InChI is InChI=1S/C26H25N3O5S/c1-16(2)24(26(31)32)29-35(33,34)21-13-9-18(10-14-21)17-7-11-20(12-8-17)27-25(30)23-15-19-5-3-4-6-22(19)28-23/h3-14,16,24,29H,15H2,1-2H3,(H,27,30)(H,31,32)/t24-/m0/s1/i1D3/t16?,24-. The van der Waals surface area contributed by atoms with Crippen molar-refractivity contribution in [3.63, 3.8) is 0 Å². The molecule has 0 aromatic heterocycles. The molecule has 4 rings (SSSR count). The Bertz CT molecular complexity index is 1500. The highest BCUT2D eigenvalue weighted by atomic mass is 32.2. The number of fused-ring (bicyclic) bond motifs is 1. The van der Waals surface area contributed by atoms with Crippen molar-refractivity contribution in [2.24, 2.45) is 10.9 Å². The maximum absolute atomic E-state index is 12.7. The van der Waals surface area contributed by atoms with Crippen LogP contribution in [0.4, 0.5) is 11.4 Å². The summed E-state index contributed by atoms with van der Waals surface area (Å²) in [5.74, 6) is -3.31. The molecule has 1 amide bonds. The molecule has 0 radical (unpaired) electrons. The summed E-state index contributed by atoms with van der Waals surface area (Å²) in [7, 11) is -4.30. The van der Waals surface area contributed by atoms with Crippen LogP contribution in [0.15, 0.2) is 82.7 Å². The second kappa shape index (κ2) is 9.81. The molecule has 0 aliphatic carbocycles. The molecule has 0 fully saturated rings. The van der Waals surface area contributed by atoms with Crippen LogP contribution in [0.2, 0.25) is 0 Å². The molecule has 1 aliphatic heterocycles. The van der Waals surface area contributed by atoms with Crippen molar-refractivity contribution in [3.8, 4) is 11.1 Å². The van der Waals surface area contributed by atoms with E-state index in [1.165, 1.54) is 12.1 Å². The number of nitrogens with zero attached hydrogens (tertiary/aromatic N) is 1. The van der Waals surface area contributed by atoms with E-state index in [4.69, 9.17) is 4.11 Å². The number of amides is 1. The van der Waals surface area contributed by atoms with E-state index in [0.29, 0.717) is 23.4 Å². The molecule has 1 heterocycles. The largest absolute Gasteiger partial charge is 0.480 e. The first-order chi connectivity index (χ1) is 17.8. The number of nitrogens with one attached hydrogen (secondary N) is 2. The van der Waals surface area contributed by atoms with Crippen LogP contribution in [0.25, 0.3) is 11.1 Å². The molecule has 0 spiro atoms. The van der Waals surface area contributed by atoms with Gasteiger partial charge in [0.1, 0.15) is 11.8 Å². The number of sulfonamides is 1. The molecule has 0 bridgehead atoms. The van der Waals surface area contributed by atoms with Crippen molar-refractivity contribution in [1.29, 1.82) is 0 Å². The molecule has 1 unspecified atom stereocenters. The van der Waals surface area contributed by atoms with E-state index < -0.39 is 34.8 Å². The quantitative estimate of drug-likeness (QED) is 0.436. The highest BCUT2D eigenvalue weighted by molar-refractivity contribution is 7.89. The minimum absolute atomic E-state index is 0.201. The summed E-state index contributed by atoms with van der Waals surface area (Å²) >= 11 is 0. The number of aliphatic imine (C=N–C) groups is 1. The molecule has 0 saturated heterocycles. The lowest BCUT2D eigenvalue weighted by Gasteiger charge is -2.18. The van der Waals surface area contributed by atoms with E-state index in [9.17, 15) is 23.1 Å². The monoisotopic (exact) mass is 494 g/mol. The van der Waals surface area contributed by atoms with Crippen LogP contribution in [-0.2, 0) is 26.0 Å². The van der Waals surface area contributed by atoms with Crippen LogP contribution < -0.4 is 10.0 Å². The minimum atomic E-state index is -4.30. The normalized spacial score (nSPS) is 16.1. The number of carboxylic acid groups (broad SMARTS) is 1. The molecular formula is C26H25N3O5S. The first kappa shape index (κ1) is 20.5. The van der Waals surface area contributed by atoms with Gasteiger partial charge in [0.15, 0.2) is 0 Å². The smallest absolute Gasteiger partial charge is 0.322 e. The number of hydrogen-bond donors (Lipinski definition) is 3. The van der Waals surface area contributed by atoms with Gasteiger partial charge in [-0.15, -0.1) is 0 Å². The molecule has 9 heteroatoms. The van der Waals surface area contributed by atoms with Gasteiger partial charge in [0.25, 0.3) is 5.91 Å². The van der Waals surface area contributed by atoms with Gasteiger partial charge in [-0.2, -0.15) is 4.72 Å². The predicted molar refractivity (Wildman–Crippen MR) is 134 cm³/mol. The van der Waals surface area contributed by atoms with Gasteiger partial charge in [-0.05, 0) is 52.9 Å². The molecular weight excluding hydrogens is 466 g/mol. The van der Waals surface area contributed by atoms with Gasteiger partial charge < -0.3 is 10.4 Å². The number of carbonyl (C=O) groups is 2. The number of anilines is 1. The average molecular weight is 495 g/mol. The first-order valence-corrected chi connectivity index (χ1v) is 12.3. The van der Waals surface area contributed by atoms with Crippen LogP contribution in [0.1, 0.15) is 23.5 Å². The Labute approximate surface area is 208 Å². The third-order valence-corrected chi connectivity index (χ3v) is 7.01. The molecule has 35 heavy (non-hydrogen) atoms. The van der Waals surface area contributed by atoms with E-state index >= 15 is 0 Å².